The molecule has 1 fully saturated rings. The van der Waals surface area contributed by atoms with Crippen LogP contribution in [0.2, 0.25) is 0 Å². The molecule has 1 aliphatic rings. The average molecular weight is 256 g/mol. The number of hydrogen-bond acceptors (Lipinski definition) is 2. The Morgan fingerprint density at radius 1 is 1.26 bits per heavy atom. The van der Waals surface area contributed by atoms with Crippen LogP contribution in [0.5, 0.6) is 0 Å². The molecular weight excluding hydrogens is 232 g/mol. The Morgan fingerprint density at radius 3 is 2.53 bits per heavy atom. The van der Waals surface area contributed by atoms with E-state index in [4.69, 9.17) is 5.26 Å². The molecule has 0 bridgehead atoms. The van der Waals surface area contributed by atoms with Crippen LogP contribution >= 0.6 is 0 Å². The maximum absolute atomic E-state index is 9.15. The van der Waals surface area contributed by atoms with Crippen molar-refractivity contribution in [1.82, 2.24) is 0 Å². The van der Waals surface area contributed by atoms with Crippen molar-refractivity contribution >= 4 is 5.69 Å². The summed E-state index contributed by atoms with van der Waals surface area (Å²) in [5.74, 6) is 0.815. The molecule has 0 amide bonds. The molecule has 2 atom stereocenters. The van der Waals surface area contributed by atoms with E-state index in [2.05, 4.69) is 42.6 Å². The summed E-state index contributed by atoms with van der Waals surface area (Å²) < 4.78 is 0. The molecule has 1 aromatic carbocycles. The lowest BCUT2D eigenvalue weighted by Gasteiger charge is -2.22. The highest BCUT2D eigenvalue weighted by Crippen LogP contribution is 2.31. The molecule has 102 valence electrons. The van der Waals surface area contributed by atoms with Crippen LogP contribution in [-0.4, -0.2) is 6.04 Å². The Bertz CT molecular complexity index is 453. The first-order valence-corrected chi connectivity index (χ1v) is 7.35. The number of nitrogens with one attached hydrogen (secondary N) is 1. The summed E-state index contributed by atoms with van der Waals surface area (Å²) in [7, 11) is 0. The Labute approximate surface area is 116 Å². The van der Waals surface area contributed by atoms with Crippen molar-refractivity contribution in [2.75, 3.05) is 5.32 Å². The van der Waals surface area contributed by atoms with Crippen LogP contribution in [0, 0.1) is 17.2 Å². The van der Waals surface area contributed by atoms with Crippen molar-refractivity contribution in [3.63, 3.8) is 0 Å². The standard InChI is InChI=1S/C17H24N2/c1-4-13-6-5-7-16(13)19-15-10-8-14(9-11-15)17(2,3)12-18/h8-11,13,16,19H,4-7H2,1-3H3. The Morgan fingerprint density at radius 2 is 1.95 bits per heavy atom. The summed E-state index contributed by atoms with van der Waals surface area (Å²) in [5.41, 5.74) is 1.86. The van der Waals surface area contributed by atoms with Gasteiger partial charge in [0.15, 0.2) is 0 Å². The van der Waals surface area contributed by atoms with Gasteiger partial charge in [-0.1, -0.05) is 31.9 Å². The van der Waals surface area contributed by atoms with Crippen LogP contribution in [-0.2, 0) is 5.41 Å². The highest BCUT2D eigenvalue weighted by Gasteiger charge is 2.25. The summed E-state index contributed by atoms with van der Waals surface area (Å²) in [6.45, 7) is 6.20. The van der Waals surface area contributed by atoms with Crippen LogP contribution < -0.4 is 5.32 Å². The molecule has 0 spiro atoms. The van der Waals surface area contributed by atoms with Gasteiger partial charge in [-0.25, -0.2) is 0 Å². The lowest BCUT2D eigenvalue weighted by molar-refractivity contribution is 0.489. The van der Waals surface area contributed by atoms with Gasteiger partial charge < -0.3 is 5.32 Å². The summed E-state index contributed by atoms with van der Waals surface area (Å²) in [6.07, 6.45) is 5.24. The fourth-order valence-electron chi connectivity index (χ4n) is 2.98. The van der Waals surface area contributed by atoms with Gasteiger partial charge in [0.2, 0.25) is 0 Å². The summed E-state index contributed by atoms with van der Waals surface area (Å²) >= 11 is 0. The molecule has 1 N–H and O–H groups in total. The van der Waals surface area contributed by atoms with Gasteiger partial charge in [0.1, 0.15) is 0 Å². The lowest BCUT2D eigenvalue weighted by atomic mass is 9.86. The molecule has 0 heterocycles. The van der Waals surface area contributed by atoms with Crippen LogP contribution in [0.15, 0.2) is 24.3 Å². The zero-order valence-corrected chi connectivity index (χ0v) is 12.2. The van der Waals surface area contributed by atoms with E-state index in [1.54, 1.807) is 0 Å². The molecule has 0 saturated heterocycles. The summed E-state index contributed by atoms with van der Waals surface area (Å²) in [6, 6.07) is 11.3. The van der Waals surface area contributed by atoms with Crippen molar-refractivity contribution in [2.45, 2.75) is 57.9 Å². The quantitative estimate of drug-likeness (QED) is 0.862. The molecule has 0 aliphatic heterocycles. The zero-order valence-electron chi connectivity index (χ0n) is 12.2. The number of benzene rings is 1. The van der Waals surface area contributed by atoms with E-state index >= 15 is 0 Å². The zero-order chi connectivity index (χ0) is 13.9. The van der Waals surface area contributed by atoms with Gasteiger partial charge in [-0.3, -0.25) is 0 Å². The van der Waals surface area contributed by atoms with E-state index in [1.807, 2.05) is 13.8 Å². The lowest BCUT2D eigenvalue weighted by Crippen LogP contribution is -2.23. The number of nitrogens with zero attached hydrogens (tertiary/aromatic N) is 1. The van der Waals surface area contributed by atoms with Crippen molar-refractivity contribution in [3.05, 3.63) is 29.8 Å². The van der Waals surface area contributed by atoms with E-state index in [-0.39, 0.29) is 0 Å². The van der Waals surface area contributed by atoms with Crippen LogP contribution in [0.1, 0.15) is 52.0 Å². The van der Waals surface area contributed by atoms with E-state index in [1.165, 1.54) is 31.4 Å². The first-order chi connectivity index (χ1) is 9.06. The number of nitriles is 1. The summed E-state index contributed by atoms with van der Waals surface area (Å²) in [5, 5.41) is 12.8. The second kappa shape index (κ2) is 5.65. The van der Waals surface area contributed by atoms with E-state index in [9.17, 15) is 0 Å². The number of rotatable bonds is 4. The van der Waals surface area contributed by atoms with Crippen LogP contribution in [0.25, 0.3) is 0 Å². The minimum atomic E-state index is -0.405. The molecule has 2 nitrogen and oxygen atoms in total. The average Bonchev–Trinajstić information content (AvgIpc) is 2.86. The third-order valence-corrected chi connectivity index (χ3v) is 4.42. The molecule has 0 radical (unpaired) electrons. The fourth-order valence-corrected chi connectivity index (χ4v) is 2.98. The third kappa shape index (κ3) is 3.10. The van der Waals surface area contributed by atoms with Crippen molar-refractivity contribution in [2.24, 2.45) is 5.92 Å². The minimum Gasteiger partial charge on any atom is -0.382 e. The molecule has 0 aromatic heterocycles. The molecule has 1 saturated carbocycles. The highest BCUT2D eigenvalue weighted by atomic mass is 14.9. The van der Waals surface area contributed by atoms with Gasteiger partial charge in [0.05, 0.1) is 11.5 Å². The second-order valence-corrected chi connectivity index (χ2v) is 6.16. The van der Waals surface area contributed by atoms with Crippen molar-refractivity contribution in [3.8, 4) is 6.07 Å². The smallest absolute Gasteiger partial charge is 0.0766 e. The van der Waals surface area contributed by atoms with Gasteiger partial charge >= 0.3 is 0 Å². The molecule has 2 heteroatoms. The molecule has 2 unspecified atom stereocenters. The largest absolute Gasteiger partial charge is 0.382 e. The first-order valence-electron chi connectivity index (χ1n) is 7.35. The second-order valence-electron chi connectivity index (χ2n) is 6.16. The topological polar surface area (TPSA) is 35.8 Å². The molecule has 1 aromatic rings. The Hall–Kier alpha value is -1.49. The predicted octanol–water partition coefficient (Wildman–Crippen LogP) is 4.48. The Balaban J connectivity index is 2.05. The van der Waals surface area contributed by atoms with Crippen LogP contribution in [0.4, 0.5) is 5.69 Å². The van der Waals surface area contributed by atoms with Gasteiger partial charge in [0, 0.05) is 11.7 Å². The molecule has 2 rings (SSSR count). The predicted molar refractivity (Wildman–Crippen MR) is 80.1 cm³/mol. The van der Waals surface area contributed by atoms with E-state index < -0.39 is 5.41 Å². The van der Waals surface area contributed by atoms with Crippen LogP contribution in [0.3, 0.4) is 0 Å². The molecular formula is C17H24N2. The SMILES string of the molecule is CCC1CCCC1Nc1ccc(C(C)(C)C#N)cc1. The maximum atomic E-state index is 9.15. The van der Waals surface area contributed by atoms with Crippen molar-refractivity contribution < 1.29 is 0 Å². The first kappa shape index (κ1) is 13.9. The number of hydrogen-bond donors (Lipinski definition) is 1. The van der Waals surface area contributed by atoms with E-state index in [0.29, 0.717) is 6.04 Å². The monoisotopic (exact) mass is 256 g/mol. The van der Waals surface area contributed by atoms with Gasteiger partial charge in [0.25, 0.3) is 0 Å². The van der Waals surface area contributed by atoms with Gasteiger partial charge in [-0.15, -0.1) is 0 Å². The maximum Gasteiger partial charge on any atom is 0.0766 e. The molecule has 19 heavy (non-hydrogen) atoms. The van der Waals surface area contributed by atoms with Gasteiger partial charge in [-0.2, -0.15) is 5.26 Å². The highest BCUT2D eigenvalue weighted by molar-refractivity contribution is 5.47. The van der Waals surface area contributed by atoms with E-state index in [0.717, 1.165) is 11.5 Å². The normalized spacial score (nSPS) is 23.1. The molecule has 1 aliphatic carbocycles. The van der Waals surface area contributed by atoms with Gasteiger partial charge in [-0.05, 0) is 50.3 Å². The fraction of sp³-hybridized carbons (Fsp3) is 0.588. The summed E-state index contributed by atoms with van der Waals surface area (Å²) in [4.78, 5) is 0. The minimum absolute atomic E-state index is 0.405. The third-order valence-electron chi connectivity index (χ3n) is 4.42. The van der Waals surface area contributed by atoms with Crippen molar-refractivity contribution in [1.29, 1.82) is 5.26 Å². The number of anilines is 1. The Kier molecular flexibility index (Phi) is 4.14.